The molecule has 2 amide bonds. The first-order valence-corrected chi connectivity index (χ1v) is 7.42. The third-order valence-electron chi connectivity index (χ3n) is 4.01. The molecule has 2 N–H and O–H groups in total. The summed E-state index contributed by atoms with van der Waals surface area (Å²) in [6.45, 7) is 1.96. The summed E-state index contributed by atoms with van der Waals surface area (Å²) >= 11 is 0. The van der Waals surface area contributed by atoms with Gasteiger partial charge in [-0.2, -0.15) is 0 Å². The summed E-state index contributed by atoms with van der Waals surface area (Å²) < 4.78 is 13.0. The first-order chi connectivity index (χ1) is 9.97. The van der Waals surface area contributed by atoms with Gasteiger partial charge in [0.25, 0.3) is 0 Å². The van der Waals surface area contributed by atoms with Gasteiger partial charge in [-0.3, -0.25) is 0 Å². The lowest BCUT2D eigenvalue weighted by Gasteiger charge is -2.26. The maximum absolute atomic E-state index is 13.0. The molecular weight excluding hydrogens is 271 g/mol. The van der Waals surface area contributed by atoms with Gasteiger partial charge < -0.3 is 15.3 Å². The van der Waals surface area contributed by atoms with E-state index in [1.165, 1.54) is 17.0 Å². The number of nitrogens with zero attached hydrogens (tertiary/aromatic N) is 1. The van der Waals surface area contributed by atoms with Crippen LogP contribution in [0.1, 0.15) is 37.7 Å². The Morgan fingerprint density at radius 3 is 2.71 bits per heavy atom. The monoisotopic (exact) mass is 294 g/mol. The summed E-state index contributed by atoms with van der Waals surface area (Å²) in [6.07, 6.45) is 2.43. The van der Waals surface area contributed by atoms with Crippen molar-refractivity contribution in [3.05, 3.63) is 35.6 Å². The molecule has 0 bridgehead atoms. The number of aliphatic hydroxyl groups is 1. The number of urea groups is 1. The zero-order valence-electron chi connectivity index (χ0n) is 12.6. The van der Waals surface area contributed by atoms with Crippen LogP contribution >= 0.6 is 0 Å². The molecule has 3 unspecified atom stereocenters. The normalized spacial score (nSPS) is 22.9. The Hall–Kier alpha value is -1.62. The van der Waals surface area contributed by atoms with Gasteiger partial charge in [0.15, 0.2) is 0 Å². The number of carbonyl (C=O) groups is 1. The highest BCUT2D eigenvalue weighted by atomic mass is 19.1. The van der Waals surface area contributed by atoms with Crippen molar-refractivity contribution < 1.29 is 14.3 Å². The Morgan fingerprint density at radius 2 is 2.10 bits per heavy atom. The predicted molar refractivity (Wildman–Crippen MR) is 79.6 cm³/mol. The zero-order valence-corrected chi connectivity index (χ0v) is 12.6. The lowest BCUT2D eigenvalue weighted by molar-refractivity contribution is 0.142. The fourth-order valence-electron chi connectivity index (χ4n) is 2.99. The standard InChI is InChI=1S/C16H23FN2O2/c1-11(20)10-19(2)16(21)18-15-5-3-4-14(15)12-6-8-13(17)9-7-12/h6-9,11,14-15,20H,3-5,10H2,1-2H3,(H,18,21). The Labute approximate surface area is 125 Å². The van der Waals surface area contributed by atoms with Crippen LogP contribution in [-0.2, 0) is 0 Å². The van der Waals surface area contributed by atoms with Gasteiger partial charge in [0.1, 0.15) is 5.82 Å². The van der Waals surface area contributed by atoms with E-state index in [1.807, 2.05) is 0 Å². The van der Waals surface area contributed by atoms with Crippen molar-refractivity contribution in [1.29, 1.82) is 0 Å². The van der Waals surface area contributed by atoms with E-state index in [4.69, 9.17) is 0 Å². The second kappa shape index (κ2) is 6.89. The molecule has 1 fully saturated rings. The molecule has 116 valence electrons. The number of amides is 2. The highest BCUT2D eigenvalue weighted by molar-refractivity contribution is 5.74. The Kier molecular flexibility index (Phi) is 5.17. The average Bonchev–Trinajstić information content (AvgIpc) is 2.87. The molecule has 1 aliphatic rings. The third kappa shape index (κ3) is 4.17. The van der Waals surface area contributed by atoms with Gasteiger partial charge in [0.2, 0.25) is 0 Å². The first kappa shape index (κ1) is 15.8. The number of hydrogen-bond acceptors (Lipinski definition) is 2. The molecule has 1 saturated carbocycles. The fourth-order valence-corrected chi connectivity index (χ4v) is 2.99. The minimum absolute atomic E-state index is 0.0689. The second-order valence-corrected chi connectivity index (χ2v) is 5.87. The first-order valence-electron chi connectivity index (χ1n) is 7.42. The highest BCUT2D eigenvalue weighted by Crippen LogP contribution is 2.34. The van der Waals surface area contributed by atoms with Crippen LogP contribution < -0.4 is 5.32 Å². The quantitative estimate of drug-likeness (QED) is 0.896. The molecular formula is C16H23FN2O2. The largest absolute Gasteiger partial charge is 0.392 e. The lowest BCUT2D eigenvalue weighted by atomic mass is 9.94. The van der Waals surface area contributed by atoms with Gasteiger partial charge in [-0.25, -0.2) is 9.18 Å². The lowest BCUT2D eigenvalue weighted by Crippen LogP contribution is -2.45. The van der Waals surface area contributed by atoms with Crippen LogP contribution in [-0.4, -0.2) is 41.8 Å². The van der Waals surface area contributed by atoms with Gasteiger partial charge in [-0.1, -0.05) is 18.6 Å². The van der Waals surface area contributed by atoms with Crippen LogP contribution in [0.4, 0.5) is 9.18 Å². The van der Waals surface area contributed by atoms with E-state index in [2.05, 4.69) is 5.32 Å². The fraction of sp³-hybridized carbons (Fsp3) is 0.562. The molecule has 21 heavy (non-hydrogen) atoms. The molecule has 0 radical (unpaired) electrons. The number of halogens is 1. The highest BCUT2D eigenvalue weighted by Gasteiger charge is 2.30. The number of aliphatic hydroxyl groups excluding tert-OH is 1. The SMILES string of the molecule is CC(O)CN(C)C(=O)NC1CCCC1c1ccc(F)cc1. The van der Waals surface area contributed by atoms with Crippen molar-refractivity contribution in [2.24, 2.45) is 0 Å². The number of benzene rings is 1. The van der Waals surface area contributed by atoms with E-state index in [0.717, 1.165) is 24.8 Å². The maximum atomic E-state index is 13.0. The minimum atomic E-state index is -0.544. The van der Waals surface area contributed by atoms with Gasteiger partial charge in [0.05, 0.1) is 6.10 Å². The number of nitrogens with one attached hydrogen (secondary N) is 1. The maximum Gasteiger partial charge on any atom is 0.317 e. The summed E-state index contributed by atoms with van der Waals surface area (Å²) in [5.41, 5.74) is 1.07. The van der Waals surface area contributed by atoms with E-state index < -0.39 is 6.10 Å². The van der Waals surface area contributed by atoms with E-state index in [0.29, 0.717) is 6.54 Å². The molecule has 0 heterocycles. The summed E-state index contributed by atoms with van der Waals surface area (Å²) in [7, 11) is 1.67. The van der Waals surface area contributed by atoms with Crippen molar-refractivity contribution in [2.45, 2.75) is 44.2 Å². The molecule has 2 rings (SSSR count). The predicted octanol–water partition coefficient (Wildman–Crippen LogP) is 2.48. The molecule has 3 atom stereocenters. The van der Waals surface area contributed by atoms with Crippen molar-refractivity contribution in [2.75, 3.05) is 13.6 Å². The van der Waals surface area contributed by atoms with E-state index in [9.17, 15) is 14.3 Å². The minimum Gasteiger partial charge on any atom is -0.392 e. The average molecular weight is 294 g/mol. The van der Waals surface area contributed by atoms with Crippen LogP contribution in [0, 0.1) is 5.82 Å². The summed E-state index contributed by atoms with van der Waals surface area (Å²) in [5, 5.41) is 12.4. The Balaban J connectivity index is 1.99. The van der Waals surface area contributed by atoms with Gasteiger partial charge in [0, 0.05) is 25.6 Å². The van der Waals surface area contributed by atoms with Gasteiger partial charge in [-0.15, -0.1) is 0 Å². The van der Waals surface area contributed by atoms with E-state index >= 15 is 0 Å². The molecule has 0 aromatic heterocycles. The number of hydrogen-bond donors (Lipinski definition) is 2. The molecule has 5 heteroatoms. The topological polar surface area (TPSA) is 52.6 Å². The van der Waals surface area contributed by atoms with E-state index in [-0.39, 0.29) is 23.8 Å². The molecule has 0 saturated heterocycles. The smallest absolute Gasteiger partial charge is 0.317 e. The van der Waals surface area contributed by atoms with Crippen LogP contribution in [0.15, 0.2) is 24.3 Å². The van der Waals surface area contributed by atoms with Crippen LogP contribution in [0.3, 0.4) is 0 Å². The van der Waals surface area contributed by atoms with Crippen molar-refractivity contribution in [3.63, 3.8) is 0 Å². The Morgan fingerprint density at radius 1 is 1.43 bits per heavy atom. The molecule has 4 nitrogen and oxygen atoms in total. The van der Waals surface area contributed by atoms with E-state index in [1.54, 1.807) is 26.1 Å². The van der Waals surface area contributed by atoms with Crippen LogP contribution in [0.5, 0.6) is 0 Å². The number of carbonyl (C=O) groups excluding carboxylic acids is 1. The second-order valence-electron chi connectivity index (χ2n) is 5.87. The number of rotatable bonds is 4. The number of likely N-dealkylation sites (N-methyl/N-ethyl adjacent to an activating group) is 1. The molecule has 0 spiro atoms. The van der Waals surface area contributed by atoms with Crippen molar-refractivity contribution in [1.82, 2.24) is 10.2 Å². The summed E-state index contributed by atoms with van der Waals surface area (Å²) in [4.78, 5) is 13.6. The molecule has 1 aromatic carbocycles. The van der Waals surface area contributed by atoms with Gasteiger partial charge in [-0.05, 0) is 37.5 Å². The Bertz CT molecular complexity index is 476. The van der Waals surface area contributed by atoms with Crippen molar-refractivity contribution in [3.8, 4) is 0 Å². The van der Waals surface area contributed by atoms with Crippen LogP contribution in [0.2, 0.25) is 0 Å². The van der Waals surface area contributed by atoms with Crippen molar-refractivity contribution >= 4 is 6.03 Å². The molecule has 1 aliphatic carbocycles. The molecule has 0 aliphatic heterocycles. The third-order valence-corrected chi connectivity index (χ3v) is 4.01. The zero-order chi connectivity index (χ0) is 15.4. The van der Waals surface area contributed by atoms with Crippen LogP contribution in [0.25, 0.3) is 0 Å². The summed E-state index contributed by atoms with van der Waals surface area (Å²) in [6, 6.07) is 6.42. The van der Waals surface area contributed by atoms with Gasteiger partial charge >= 0.3 is 6.03 Å². The molecule has 1 aromatic rings. The summed E-state index contributed by atoms with van der Waals surface area (Å²) in [5.74, 6) is -0.0106.